The van der Waals surface area contributed by atoms with E-state index in [1.54, 1.807) is 0 Å². The summed E-state index contributed by atoms with van der Waals surface area (Å²) in [5, 5.41) is 33.2. The molecule has 5 heteroatoms. The molecule has 0 fully saturated rings. The average Bonchev–Trinajstić information content (AvgIpc) is 2.90. The van der Waals surface area contributed by atoms with Crippen LogP contribution < -0.4 is 5.32 Å². The third kappa shape index (κ3) is 24.4. The Kier molecular flexibility index (Phi) is 27.4. The number of nitrogens with one attached hydrogen (secondary N) is 1. The van der Waals surface area contributed by atoms with Gasteiger partial charge in [-0.3, -0.25) is 4.79 Å². The topological polar surface area (TPSA) is 89.8 Å². The number of carbonyl (C=O) groups is 1. The second kappa shape index (κ2) is 27.9. The lowest BCUT2D eigenvalue weighted by molar-refractivity contribution is -0.124. The molecule has 1 amide bonds. The standard InChI is InChI=1S/C33H67NO4/c1-4-5-6-7-8-9-10-11-12-13-18-21-24-27-32(37)34-30(28-35)33(38)31(36)26-23-20-17-15-14-16-19-22-25-29(2)3/h29-31,33,35-36,38H,4-28H2,1-3H3,(H,34,37)/t30-,31+,33-/m0/s1. The van der Waals surface area contributed by atoms with Crippen LogP contribution in [0.1, 0.15) is 175 Å². The number of amides is 1. The quantitative estimate of drug-likeness (QED) is 0.0718. The van der Waals surface area contributed by atoms with Crippen LogP contribution in [0.4, 0.5) is 0 Å². The molecule has 0 radical (unpaired) electrons. The predicted molar refractivity (Wildman–Crippen MR) is 162 cm³/mol. The van der Waals surface area contributed by atoms with Gasteiger partial charge in [-0.25, -0.2) is 0 Å². The van der Waals surface area contributed by atoms with E-state index in [2.05, 4.69) is 26.1 Å². The zero-order chi connectivity index (χ0) is 28.3. The van der Waals surface area contributed by atoms with Crippen molar-refractivity contribution in [3.63, 3.8) is 0 Å². The largest absolute Gasteiger partial charge is 0.394 e. The van der Waals surface area contributed by atoms with Gasteiger partial charge in [-0.2, -0.15) is 0 Å². The number of unbranched alkanes of at least 4 members (excludes halogenated alkanes) is 19. The molecule has 0 aromatic heterocycles. The Balaban J connectivity index is 3.72. The van der Waals surface area contributed by atoms with Crippen LogP contribution in [-0.4, -0.2) is 46.1 Å². The smallest absolute Gasteiger partial charge is 0.220 e. The minimum atomic E-state index is -1.13. The molecule has 0 aromatic carbocycles. The lowest BCUT2D eigenvalue weighted by Crippen LogP contribution is -2.50. The van der Waals surface area contributed by atoms with Crippen LogP contribution in [-0.2, 0) is 4.79 Å². The van der Waals surface area contributed by atoms with E-state index in [0.717, 1.165) is 44.4 Å². The van der Waals surface area contributed by atoms with E-state index in [1.807, 2.05) is 0 Å². The molecule has 0 bridgehead atoms. The molecule has 5 nitrogen and oxygen atoms in total. The number of aliphatic hydroxyl groups excluding tert-OH is 3. The molecule has 0 aliphatic rings. The van der Waals surface area contributed by atoms with Gasteiger partial charge in [-0.05, 0) is 18.8 Å². The molecule has 0 saturated heterocycles. The van der Waals surface area contributed by atoms with E-state index in [4.69, 9.17) is 0 Å². The van der Waals surface area contributed by atoms with Crippen LogP contribution in [0.2, 0.25) is 0 Å². The van der Waals surface area contributed by atoms with E-state index in [0.29, 0.717) is 12.8 Å². The van der Waals surface area contributed by atoms with Crippen LogP contribution in [0.15, 0.2) is 0 Å². The summed E-state index contributed by atoms with van der Waals surface area (Å²) >= 11 is 0. The first-order valence-electron chi connectivity index (χ1n) is 16.7. The van der Waals surface area contributed by atoms with Crippen LogP contribution in [0.3, 0.4) is 0 Å². The first-order chi connectivity index (χ1) is 18.4. The molecule has 4 N–H and O–H groups in total. The van der Waals surface area contributed by atoms with Crippen molar-refractivity contribution in [2.45, 2.75) is 193 Å². The monoisotopic (exact) mass is 542 g/mol. The summed E-state index contributed by atoms with van der Waals surface area (Å²) in [6.45, 7) is 6.46. The van der Waals surface area contributed by atoms with Gasteiger partial charge in [-0.1, -0.05) is 156 Å². The first-order valence-corrected chi connectivity index (χ1v) is 16.7. The zero-order valence-corrected chi connectivity index (χ0v) is 25.7. The summed E-state index contributed by atoms with van der Waals surface area (Å²) in [5.41, 5.74) is 0. The van der Waals surface area contributed by atoms with Crippen molar-refractivity contribution < 1.29 is 20.1 Å². The first kappa shape index (κ1) is 37.4. The van der Waals surface area contributed by atoms with Gasteiger partial charge < -0.3 is 20.6 Å². The van der Waals surface area contributed by atoms with E-state index in [-0.39, 0.29) is 12.5 Å². The molecule has 0 heterocycles. The average molecular weight is 542 g/mol. The SMILES string of the molecule is CCCCCCCCCCCCCCCC(=O)N[C@@H](CO)[C@H](O)[C@H](O)CCCCCCCCCCC(C)C. The Bertz CT molecular complexity index is 499. The summed E-state index contributed by atoms with van der Waals surface area (Å²) in [5.74, 6) is 0.659. The Morgan fingerprint density at radius 1 is 0.605 bits per heavy atom. The van der Waals surface area contributed by atoms with Gasteiger partial charge in [-0.15, -0.1) is 0 Å². The molecular weight excluding hydrogens is 474 g/mol. The van der Waals surface area contributed by atoms with Gasteiger partial charge in [0.05, 0.1) is 18.8 Å². The van der Waals surface area contributed by atoms with Crippen molar-refractivity contribution in [1.29, 1.82) is 0 Å². The molecular formula is C33H67NO4. The minimum Gasteiger partial charge on any atom is -0.394 e. The third-order valence-corrected chi connectivity index (χ3v) is 7.89. The van der Waals surface area contributed by atoms with Crippen LogP contribution in [0, 0.1) is 5.92 Å². The van der Waals surface area contributed by atoms with Crippen molar-refractivity contribution in [1.82, 2.24) is 5.32 Å². The highest BCUT2D eigenvalue weighted by molar-refractivity contribution is 5.76. The Morgan fingerprint density at radius 2 is 1.00 bits per heavy atom. The fourth-order valence-electron chi connectivity index (χ4n) is 5.23. The molecule has 0 unspecified atom stereocenters. The maximum atomic E-state index is 12.3. The molecule has 0 rings (SSSR count). The van der Waals surface area contributed by atoms with Crippen molar-refractivity contribution in [3.05, 3.63) is 0 Å². The van der Waals surface area contributed by atoms with Crippen molar-refractivity contribution >= 4 is 5.91 Å². The lowest BCUT2D eigenvalue weighted by Gasteiger charge is -2.26. The number of hydrogen-bond donors (Lipinski definition) is 4. The van der Waals surface area contributed by atoms with Crippen molar-refractivity contribution in [2.75, 3.05) is 6.61 Å². The minimum absolute atomic E-state index is 0.147. The summed E-state index contributed by atoms with van der Waals surface area (Å²) in [4.78, 5) is 12.3. The van der Waals surface area contributed by atoms with Gasteiger partial charge in [0, 0.05) is 6.42 Å². The van der Waals surface area contributed by atoms with E-state index in [9.17, 15) is 20.1 Å². The van der Waals surface area contributed by atoms with Crippen LogP contribution in [0.25, 0.3) is 0 Å². The molecule has 0 aliphatic heterocycles. The molecule has 3 atom stereocenters. The van der Waals surface area contributed by atoms with Crippen molar-refractivity contribution in [2.24, 2.45) is 5.92 Å². The highest BCUT2D eigenvalue weighted by Crippen LogP contribution is 2.16. The maximum absolute atomic E-state index is 12.3. The highest BCUT2D eigenvalue weighted by Gasteiger charge is 2.26. The number of rotatable bonds is 29. The van der Waals surface area contributed by atoms with Crippen LogP contribution in [0.5, 0.6) is 0 Å². The Morgan fingerprint density at radius 3 is 1.42 bits per heavy atom. The maximum Gasteiger partial charge on any atom is 0.220 e. The van der Waals surface area contributed by atoms with Gasteiger partial charge in [0.15, 0.2) is 0 Å². The molecule has 0 saturated carbocycles. The molecule has 0 aromatic rings. The van der Waals surface area contributed by atoms with E-state index in [1.165, 1.54) is 103 Å². The third-order valence-electron chi connectivity index (χ3n) is 7.89. The number of aliphatic hydroxyl groups is 3. The van der Waals surface area contributed by atoms with E-state index >= 15 is 0 Å². The fourth-order valence-corrected chi connectivity index (χ4v) is 5.23. The van der Waals surface area contributed by atoms with Gasteiger partial charge in [0.1, 0.15) is 6.10 Å². The lowest BCUT2D eigenvalue weighted by atomic mass is 9.99. The molecule has 0 spiro atoms. The summed E-state index contributed by atoms with van der Waals surface area (Å²) in [6.07, 6.45) is 26.2. The van der Waals surface area contributed by atoms with Gasteiger partial charge in [0.2, 0.25) is 5.91 Å². The Labute approximate surface area is 237 Å². The van der Waals surface area contributed by atoms with Gasteiger partial charge in [0.25, 0.3) is 0 Å². The molecule has 0 aliphatic carbocycles. The summed E-state index contributed by atoms with van der Waals surface area (Å²) in [6, 6.07) is -0.801. The summed E-state index contributed by atoms with van der Waals surface area (Å²) < 4.78 is 0. The molecule has 38 heavy (non-hydrogen) atoms. The fraction of sp³-hybridized carbons (Fsp3) is 0.970. The zero-order valence-electron chi connectivity index (χ0n) is 25.7. The van der Waals surface area contributed by atoms with Crippen LogP contribution >= 0.6 is 0 Å². The Hall–Kier alpha value is -0.650. The second-order valence-electron chi connectivity index (χ2n) is 12.2. The van der Waals surface area contributed by atoms with E-state index < -0.39 is 18.2 Å². The normalized spacial score (nSPS) is 14.1. The van der Waals surface area contributed by atoms with Gasteiger partial charge >= 0.3 is 0 Å². The highest BCUT2D eigenvalue weighted by atomic mass is 16.3. The number of hydrogen-bond acceptors (Lipinski definition) is 4. The number of carbonyl (C=O) groups excluding carboxylic acids is 1. The second-order valence-corrected chi connectivity index (χ2v) is 12.2. The predicted octanol–water partition coefficient (Wildman–Crippen LogP) is 8.22. The summed E-state index contributed by atoms with van der Waals surface area (Å²) in [7, 11) is 0. The molecule has 228 valence electrons. The van der Waals surface area contributed by atoms with Crippen molar-refractivity contribution in [3.8, 4) is 0 Å².